The molecule has 0 aromatic heterocycles. The average molecular weight is 224 g/mol. The van der Waals surface area contributed by atoms with Crippen molar-refractivity contribution in [3.8, 4) is 11.5 Å². The van der Waals surface area contributed by atoms with Crippen LogP contribution in [0.2, 0.25) is 0 Å². The Bertz CT molecular complexity index is 511. The molecule has 17 heavy (non-hydrogen) atoms. The predicted octanol–water partition coefficient (Wildman–Crippen LogP) is -1.28. The van der Waals surface area contributed by atoms with Crippen molar-refractivity contribution < 1.29 is 33.4 Å². The van der Waals surface area contributed by atoms with Crippen LogP contribution in [0.15, 0.2) is 30.3 Å². The third-order valence-corrected chi connectivity index (χ3v) is 2.61. The minimum absolute atomic E-state index is 0. The molecule has 3 nitrogen and oxygen atoms in total. The van der Waals surface area contributed by atoms with E-state index in [-0.39, 0.29) is 25.5 Å². The van der Waals surface area contributed by atoms with Crippen molar-refractivity contribution >= 4 is 10.8 Å². The van der Waals surface area contributed by atoms with E-state index in [9.17, 15) is 5.11 Å². The van der Waals surface area contributed by atoms with Gasteiger partial charge < -0.3 is 14.6 Å². The molecule has 0 aliphatic carbocycles. The van der Waals surface area contributed by atoms with Crippen molar-refractivity contribution in [1.29, 1.82) is 0 Å². The van der Waals surface area contributed by atoms with Gasteiger partial charge in [-0.2, -0.15) is 0 Å². The molecular weight excluding hydrogens is 211 g/mol. The molecule has 4 heteroatoms. The maximum absolute atomic E-state index is 11.1. The Morgan fingerprint density at radius 3 is 2.24 bits per heavy atom. The Morgan fingerprint density at radius 1 is 1.06 bits per heavy atom. The van der Waals surface area contributed by atoms with Crippen LogP contribution in [0.25, 0.3) is 10.8 Å². The SMILES string of the molecule is COc1cc(C[O-])c(OC)c2ccccc12.[Li+]. The average Bonchev–Trinajstić information content (AvgIpc) is 2.36. The number of hydrogen-bond donors (Lipinski definition) is 0. The first-order chi connectivity index (χ1) is 7.81. The summed E-state index contributed by atoms with van der Waals surface area (Å²) in [6.45, 7) is -0.315. The van der Waals surface area contributed by atoms with Crippen molar-refractivity contribution in [3.63, 3.8) is 0 Å². The maximum Gasteiger partial charge on any atom is 1.00 e. The Kier molecular flexibility index (Phi) is 4.89. The molecule has 0 fully saturated rings. The zero-order valence-electron chi connectivity index (χ0n) is 10.3. The van der Waals surface area contributed by atoms with Gasteiger partial charge in [0.05, 0.1) is 14.2 Å². The first-order valence-electron chi connectivity index (χ1n) is 5.02. The monoisotopic (exact) mass is 224 g/mol. The molecule has 2 aromatic rings. The van der Waals surface area contributed by atoms with Crippen LogP contribution in [0.3, 0.4) is 0 Å². The van der Waals surface area contributed by atoms with E-state index < -0.39 is 0 Å². The summed E-state index contributed by atoms with van der Waals surface area (Å²) >= 11 is 0. The van der Waals surface area contributed by atoms with Crippen LogP contribution in [0.4, 0.5) is 0 Å². The Hall–Kier alpha value is -1.14. The standard InChI is InChI=1S/C13H13O3.Li/c1-15-12-7-9(8-14)13(16-2)11-6-4-3-5-10(11)12;/h3-7H,8H2,1-2H3;/q-1;+1. The van der Waals surface area contributed by atoms with E-state index >= 15 is 0 Å². The Morgan fingerprint density at radius 2 is 1.71 bits per heavy atom. The number of rotatable bonds is 3. The zero-order chi connectivity index (χ0) is 11.5. The molecule has 2 aromatic carbocycles. The molecule has 0 radical (unpaired) electrons. The minimum atomic E-state index is -0.315. The topological polar surface area (TPSA) is 41.5 Å². The van der Waals surface area contributed by atoms with Gasteiger partial charge >= 0.3 is 18.9 Å². The molecule has 0 heterocycles. The smallest absolute Gasteiger partial charge is 0.851 e. The van der Waals surface area contributed by atoms with Gasteiger partial charge in [0.25, 0.3) is 0 Å². The van der Waals surface area contributed by atoms with Gasteiger partial charge in [-0.05, 0) is 11.6 Å². The van der Waals surface area contributed by atoms with E-state index in [1.165, 1.54) is 0 Å². The van der Waals surface area contributed by atoms with Gasteiger partial charge in [-0.1, -0.05) is 24.3 Å². The summed E-state index contributed by atoms with van der Waals surface area (Å²) in [6.07, 6.45) is 0. The second-order valence-electron chi connectivity index (χ2n) is 3.46. The van der Waals surface area contributed by atoms with Gasteiger partial charge in [0, 0.05) is 10.8 Å². The van der Waals surface area contributed by atoms with Crippen molar-refractivity contribution in [1.82, 2.24) is 0 Å². The summed E-state index contributed by atoms with van der Waals surface area (Å²) in [5.74, 6) is 1.36. The summed E-state index contributed by atoms with van der Waals surface area (Å²) in [4.78, 5) is 0. The summed E-state index contributed by atoms with van der Waals surface area (Å²) < 4.78 is 10.6. The number of methoxy groups -OCH3 is 2. The van der Waals surface area contributed by atoms with E-state index in [1.807, 2.05) is 24.3 Å². The third kappa shape index (κ3) is 2.42. The predicted molar refractivity (Wildman–Crippen MR) is 60.8 cm³/mol. The van der Waals surface area contributed by atoms with Crippen LogP contribution in [0, 0.1) is 0 Å². The van der Waals surface area contributed by atoms with Crippen LogP contribution >= 0.6 is 0 Å². The fourth-order valence-electron chi connectivity index (χ4n) is 1.89. The molecule has 0 saturated heterocycles. The fraction of sp³-hybridized carbons (Fsp3) is 0.231. The van der Waals surface area contributed by atoms with Crippen LogP contribution in [-0.4, -0.2) is 14.2 Å². The molecule has 0 N–H and O–H groups in total. The van der Waals surface area contributed by atoms with E-state index in [4.69, 9.17) is 9.47 Å². The molecule has 0 aliphatic rings. The molecule has 0 atom stereocenters. The molecule has 84 valence electrons. The van der Waals surface area contributed by atoms with Crippen molar-refractivity contribution in [2.75, 3.05) is 14.2 Å². The normalized spacial score (nSPS) is 9.82. The summed E-state index contributed by atoms with van der Waals surface area (Å²) in [5.41, 5.74) is 0.623. The van der Waals surface area contributed by atoms with Crippen molar-refractivity contribution in [3.05, 3.63) is 35.9 Å². The van der Waals surface area contributed by atoms with Gasteiger partial charge in [0.2, 0.25) is 0 Å². The fourth-order valence-corrected chi connectivity index (χ4v) is 1.89. The zero-order valence-corrected chi connectivity index (χ0v) is 10.3. The van der Waals surface area contributed by atoms with Crippen LogP contribution in [0.1, 0.15) is 5.56 Å². The minimum Gasteiger partial charge on any atom is -0.851 e. The molecule has 2 rings (SSSR count). The van der Waals surface area contributed by atoms with Gasteiger partial charge in [-0.25, -0.2) is 0 Å². The Labute approximate surface area is 113 Å². The number of ether oxygens (including phenoxy) is 2. The van der Waals surface area contributed by atoms with E-state index in [1.54, 1.807) is 20.3 Å². The molecule has 0 saturated carbocycles. The number of benzene rings is 2. The third-order valence-electron chi connectivity index (χ3n) is 2.61. The van der Waals surface area contributed by atoms with Crippen molar-refractivity contribution in [2.24, 2.45) is 0 Å². The summed E-state index contributed by atoms with van der Waals surface area (Å²) in [6, 6.07) is 9.47. The van der Waals surface area contributed by atoms with E-state index in [0.717, 1.165) is 10.8 Å². The summed E-state index contributed by atoms with van der Waals surface area (Å²) in [7, 11) is 3.18. The molecule has 0 unspecified atom stereocenters. The molecular formula is C13H13LiO3. The number of hydrogen-bond acceptors (Lipinski definition) is 3. The van der Waals surface area contributed by atoms with Crippen LogP contribution in [0.5, 0.6) is 11.5 Å². The quantitative estimate of drug-likeness (QED) is 0.610. The van der Waals surface area contributed by atoms with E-state index in [2.05, 4.69) is 0 Å². The second kappa shape index (κ2) is 5.97. The molecule has 0 amide bonds. The van der Waals surface area contributed by atoms with Gasteiger partial charge in [0.1, 0.15) is 11.5 Å². The van der Waals surface area contributed by atoms with Crippen LogP contribution in [-0.2, 0) is 6.61 Å². The van der Waals surface area contributed by atoms with Crippen molar-refractivity contribution in [2.45, 2.75) is 6.61 Å². The van der Waals surface area contributed by atoms with Gasteiger partial charge in [-0.15, -0.1) is 6.61 Å². The molecule has 0 spiro atoms. The second-order valence-corrected chi connectivity index (χ2v) is 3.46. The number of fused-ring (bicyclic) bond motifs is 1. The van der Waals surface area contributed by atoms with Crippen LogP contribution < -0.4 is 33.4 Å². The first kappa shape index (κ1) is 13.9. The first-order valence-corrected chi connectivity index (χ1v) is 5.02. The van der Waals surface area contributed by atoms with Gasteiger partial charge in [-0.3, -0.25) is 0 Å². The largest absolute Gasteiger partial charge is 1.00 e. The van der Waals surface area contributed by atoms with Gasteiger partial charge in [0.15, 0.2) is 0 Å². The summed E-state index contributed by atoms with van der Waals surface area (Å²) in [5, 5.41) is 13.0. The Balaban J connectivity index is 0.00000144. The van der Waals surface area contributed by atoms with E-state index in [0.29, 0.717) is 17.1 Å². The molecule has 0 bridgehead atoms. The maximum atomic E-state index is 11.1. The molecule has 0 aliphatic heterocycles.